The highest BCUT2D eigenvalue weighted by Gasteiger charge is 2.24. The van der Waals surface area contributed by atoms with Gasteiger partial charge in [0.1, 0.15) is 14.6 Å². The SMILES string of the molecule is C=CCc1ccc(CN(C(=O)OC(C)(C)C)[SiH](C)C)cc1. The summed E-state index contributed by atoms with van der Waals surface area (Å²) in [5.74, 6) is 0. The third kappa shape index (κ3) is 6.17. The van der Waals surface area contributed by atoms with E-state index in [1.165, 1.54) is 5.56 Å². The van der Waals surface area contributed by atoms with Crippen molar-refractivity contribution in [1.29, 1.82) is 0 Å². The van der Waals surface area contributed by atoms with Crippen LogP contribution >= 0.6 is 0 Å². The van der Waals surface area contributed by atoms with E-state index in [0.29, 0.717) is 6.54 Å². The maximum absolute atomic E-state index is 12.3. The van der Waals surface area contributed by atoms with Crippen molar-refractivity contribution < 1.29 is 9.53 Å². The minimum Gasteiger partial charge on any atom is -0.444 e. The molecule has 0 bridgehead atoms. The number of hydrogen-bond donors (Lipinski definition) is 0. The summed E-state index contributed by atoms with van der Waals surface area (Å²) in [6.45, 7) is 14.3. The number of benzene rings is 1. The Kier molecular flexibility index (Phi) is 6.21. The summed E-state index contributed by atoms with van der Waals surface area (Å²) in [6.07, 6.45) is 2.55. The average molecular weight is 305 g/mol. The van der Waals surface area contributed by atoms with Crippen molar-refractivity contribution in [3.05, 3.63) is 48.0 Å². The molecule has 0 aliphatic heterocycles. The molecule has 0 unspecified atom stereocenters. The van der Waals surface area contributed by atoms with Crippen molar-refractivity contribution in [2.75, 3.05) is 0 Å². The fraction of sp³-hybridized carbons (Fsp3) is 0.471. The number of ether oxygens (including phenoxy) is 1. The Morgan fingerprint density at radius 2 is 1.76 bits per heavy atom. The van der Waals surface area contributed by atoms with Crippen LogP contribution in [0.1, 0.15) is 31.9 Å². The van der Waals surface area contributed by atoms with Gasteiger partial charge in [0.2, 0.25) is 0 Å². The number of hydrogen-bond acceptors (Lipinski definition) is 2. The van der Waals surface area contributed by atoms with E-state index in [0.717, 1.165) is 12.0 Å². The van der Waals surface area contributed by atoms with Crippen LogP contribution in [-0.2, 0) is 17.7 Å². The maximum Gasteiger partial charge on any atom is 0.402 e. The molecule has 0 fully saturated rings. The van der Waals surface area contributed by atoms with Gasteiger partial charge in [0.15, 0.2) is 0 Å². The molecular weight excluding hydrogens is 278 g/mol. The van der Waals surface area contributed by atoms with Crippen LogP contribution in [0.25, 0.3) is 0 Å². The van der Waals surface area contributed by atoms with Gasteiger partial charge < -0.3 is 9.30 Å². The second kappa shape index (κ2) is 7.45. The van der Waals surface area contributed by atoms with Crippen molar-refractivity contribution in [3.63, 3.8) is 0 Å². The van der Waals surface area contributed by atoms with E-state index < -0.39 is 14.6 Å². The molecule has 0 aromatic heterocycles. The fourth-order valence-electron chi connectivity index (χ4n) is 1.92. The molecule has 4 heteroatoms. The average Bonchev–Trinajstić information content (AvgIpc) is 2.35. The molecule has 0 heterocycles. The molecular formula is C17H27NO2Si. The van der Waals surface area contributed by atoms with Gasteiger partial charge in [0.25, 0.3) is 0 Å². The minimum atomic E-state index is -1.29. The summed E-state index contributed by atoms with van der Waals surface area (Å²) in [6, 6.07) is 8.33. The first-order valence-corrected chi connectivity index (χ1v) is 10.2. The highest BCUT2D eigenvalue weighted by atomic mass is 28.3. The van der Waals surface area contributed by atoms with Crippen LogP contribution in [0, 0.1) is 0 Å². The number of carbonyl (C=O) groups excluding carboxylic acids is 1. The van der Waals surface area contributed by atoms with E-state index in [1.54, 1.807) is 0 Å². The first-order valence-electron chi connectivity index (χ1n) is 7.41. The van der Waals surface area contributed by atoms with Crippen LogP contribution in [0.2, 0.25) is 13.1 Å². The van der Waals surface area contributed by atoms with Gasteiger partial charge in [-0.15, -0.1) is 6.58 Å². The zero-order chi connectivity index (χ0) is 16.0. The standard InChI is InChI=1S/C17H27NO2Si/c1-7-8-14-9-11-15(12-10-14)13-18(21(5)6)16(19)20-17(2,3)4/h7,9-12,21H,1,8,13H2,2-6H3. The van der Waals surface area contributed by atoms with Crippen LogP contribution in [0.3, 0.4) is 0 Å². The van der Waals surface area contributed by atoms with Crippen LogP contribution in [-0.4, -0.2) is 25.2 Å². The molecule has 1 aromatic rings. The second-order valence-corrected chi connectivity index (χ2v) is 9.32. The molecule has 3 nitrogen and oxygen atoms in total. The van der Waals surface area contributed by atoms with E-state index in [4.69, 9.17) is 4.74 Å². The Bertz CT molecular complexity index is 475. The summed E-state index contributed by atoms with van der Waals surface area (Å²) < 4.78 is 7.39. The van der Waals surface area contributed by atoms with Gasteiger partial charge in [-0.2, -0.15) is 0 Å². The summed E-state index contributed by atoms with van der Waals surface area (Å²) in [7, 11) is -1.29. The third-order valence-electron chi connectivity index (χ3n) is 3.01. The van der Waals surface area contributed by atoms with Gasteiger partial charge in [0.05, 0.1) is 0 Å². The summed E-state index contributed by atoms with van der Waals surface area (Å²) in [4.78, 5) is 12.3. The smallest absolute Gasteiger partial charge is 0.402 e. The summed E-state index contributed by atoms with van der Waals surface area (Å²) in [5, 5.41) is 0. The molecule has 1 amide bonds. The first kappa shape index (κ1) is 17.5. The number of amides is 1. The number of nitrogens with zero attached hydrogens (tertiary/aromatic N) is 1. The molecule has 116 valence electrons. The molecule has 0 saturated heterocycles. The Balaban J connectivity index is 2.78. The van der Waals surface area contributed by atoms with Gasteiger partial charge in [0, 0.05) is 6.54 Å². The quantitative estimate of drug-likeness (QED) is 0.604. The molecule has 0 spiro atoms. The van der Waals surface area contributed by atoms with E-state index in [9.17, 15) is 4.79 Å². The molecule has 21 heavy (non-hydrogen) atoms. The predicted molar refractivity (Wildman–Crippen MR) is 91.0 cm³/mol. The van der Waals surface area contributed by atoms with Gasteiger partial charge in [-0.25, -0.2) is 4.79 Å². The molecule has 1 aromatic carbocycles. The van der Waals surface area contributed by atoms with Gasteiger partial charge in [-0.1, -0.05) is 43.4 Å². The highest BCUT2D eigenvalue weighted by Crippen LogP contribution is 2.15. The van der Waals surface area contributed by atoms with Crippen molar-refractivity contribution in [1.82, 2.24) is 4.57 Å². The van der Waals surface area contributed by atoms with Crippen LogP contribution in [0.5, 0.6) is 0 Å². The number of rotatable bonds is 5. The van der Waals surface area contributed by atoms with Gasteiger partial charge in [-0.3, -0.25) is 0 Å². The summed E-state index contributed by atoms with van der Waals surface area (Å²) in [5.41, 5.74) is 1.92. The Hall–Kier alpha value is -1.55. The molecule has 0 saturated carbocycles. The lowest BCUT2D eigenvalue weighted by atomic mass is 10.1. The fourth-order valence-corrected chi connectivity index (χ4v) is 2.97. The monoisotopic (exact) mass is 305 g/mol. The Morgan fingerprint density at radius 3 is 2.19 bits per heavy atom. The Labute approximate surface area is 130 Å². The number of allylic oxidation sites excluding steroid dienone is 1. The van der Waals surface area contributed by atoms with E-state index in [-0.39, 0.29) is 6.09 Å². The molecule has 0 radical (unpaired) electrons. The lowest BCUT2D eigenvalue weighted by Crippen LogP contribution is -2.42. The zero-order valence-corrected chi connectivity index (χ0v) is 15.0. The minimum absolute atomic E-state index is 0.209. The van der Waals surface area contributed by atoms with Crippen LogP contribution in [0.4, 0.5) is 4.79 Å². The van der Waals surface area contributed by atoms with Crippen LogP contribution in [0.15, 0.2) is 36.9 Å². The number of carbonyl (C=O) groups is 1. The predicted octanol–water partition coefficient (Wildman–Crippen LogP) is 4.14. The molecule has 0 atom stereocenters. The van der Waals surface area contributed by atoms with Crippen molar-refractivity contribution in [3.8, 4) is 0 Å². The molecule has 0 N–H and O–H groups in total. The lowest BCUT2D eigenvalue weighted by Gasteiger charge is -2.30. The van der Waals surface area contributed by atoms with Crippen molar-refractivity contribution in [2.45, 2.75) is 52.4 Å². The first-order chi connectivity index (χ1) is 9.73. The largest absolute Gasteiger partial charge is 0.444 e. The summed E-state index contributed by atoms with van der Waals surface area (Å²) >= 11 is 0. The van der Waals surface area contributed by atoms with E-state index in [2.05, 4.69) is 43.9 Å². The normalized spacial score (nSPS) is 11.3. The second-order valence-electron chi connectivity index (χ2n) is 6.51. The topological polar surface area (TPSA) is 29.5 Å². The molecule has 1 rings (SSSR count). The third-order valence-corrected chi connectivity index (χ3v) is 4.65. The van der Waals surface area contributed by atoms with E-state index in [1.807, 2.05) is 31.4 Å². The maximum atomic E-state index is 12.3. The molecule has 0 aliphatic carbocycles. The lowest BCUT2D eigenvalue weighted by molar-refractivity contribution is 0.0371. The van der Waals surface area contributed by atoms with Crippen LogP contribution < -0.4 is 0 Å². The highest BCUT2D eigenvalue weighted by molar-refractivity contribution is 6.55. The Morgan fingerprint density at radius 1 is 1.24 bits per heavy atom. The van der Waals surface area contributed by atoms with Crippen molar-refractivity contribution >= 4 is 15.1 Å². The van der Waals surface area contributed by atoms with Gasteiger partial charge in [-0.05, 0) is 38.3 Å². The zero-order valence-electron chi connectivity index (χ0n) is 13.8. The molecule has 0 aliphatic rings. The van der Waals surface area contributed by atoms with Gasteiger partial charge >= 0.3 is 6.09 Å². The van der Waals surface area contributed by atoms with Crippen molar-refractivity contribution in [2.24, 2.45) is 0 Å². The van der Waals surface area contributed by atoms with E-state index >= 15 is 0 Å².